The van der Waals surface area contributed by atoms with Gasteiger partial charge in [-0.2, -0.15) is 0 Å². The van der Waals surface area contributed by atoms with Gasteiger partial charge in [-0.25, -0.2) is 0 Å². The van der Waals surface area contributed by atoms with Crippen molar-refractivity contribution in [1.29, 1.82) is 0 Å². The third-order valence-corrected chi connectivity index (χ3v) is 3.51. The van der Waals surface area contributed by atoms with Gasteiger partial charge < -0.3 is 10.1 Å². The number of benzene rings is 2. The predicted molar refractivity (Wildman–Crippen MR) is 88.6 cm³/mol. The van der Waals surface area contributed by atoms with E-state index in [1.165, 1.54) is 5.56 Å². The molecule has 1 N–H and O–H groups in total. The van der Waals surface area contributed by atoms with Gasteiger partial charge in [0.05, 0.1) is 12.7 Å². The van der Waals surface area contributed by atoms with Crippen molar-refractivity contribution in [2.75, 3.05) is 13.1 Å². The van der Waals surface area contributed by atoms with Crippen LogP contribution in [0.2, 0.25) is 5.02 Å². The minimum atomic E-state index is 0.00968. The maximum atomic E-state index is 6.09. The smallest absolute Gasteiger partial charge is 0.0954 e. The summed E-state index contributed by atoms with van der Waals surface area (Å²) in [5, 5.41) is 4.17. The van der Waals surface area contributed by atoms with Crippen molar-refractivity contribution < 1.29 is 4.74 Å². The fraction of sp³-hybridized carbons (Fsp3) is 0.333. The lowest BCUT2D eigenvalue weighted by molar-refractivity contribution is 0.0399. The van der Waals surface area contributed by atoms with E-state index in [0.717, 1.165) is 30.1 Å². The first-order valence-corrected chi connectivity index (χ1v) is 7.79. The Balaban J connectivity index is 2.01. The van der Waals surface area contributed by atoms with Crippen LogP contribution in [0.5, 0.6) is 0 Å². The molecule has 0 saturated heterocycles. The molecule has 0 aliphatic carbocycles. The highest BCUT2D eigenvalue weighted by atomic mass is 35.5. The topological polar surface area (TPSA) is 21.3 Å². The summed E-state index contributed by atoms with van der Waals surface area (Å²) in [5.74, 6) is 0. The van der Waals surface area contributed by atoms with Crippen LogP contribution in [0.3, 0.4) is 0 Å². The molecule has 2 aromatic carbocycles. The van der Waals surface area contributed by atoms with E-state index < -0.39 is 0 Å². The van der Waals surface area contributed by atoms with Gasteiger partial charge in [-0.1, -0.05) is 61.0 Å². The Morgan fingerprint density at radius 3 is 2.62 bits per heavy atom. The average molecular weight is 304 g/mol. The van der Waals surface area contributed by atoms with Crippen LogP contribution in [0.15, 0.2) is 54.6 Å². The molecule has 3 heteroatoms. The van der Waals surface area contributed by atoms with Crippen LogP contribution in [0.4, 0.5) is 0 Å². The molecule has 0 aliphatic heterocycles. The first-order chi connectivity index (χ1) is 10.3. The molecule has 0 fully saturated rings. The Morgan fingerprint density at radius 2 is 1.90 bits per heavy atom. The zero-order valence-electron chi connectivity index (χ0n) is 12.4. The molecule has 2 rings (SSSR count). The van der Waals surface area contributed by atoms with E-state index >= 15 is 0 Å². The van der Waals surface area contributed by atoms with Crippen LogP contribution < -0.4 is 5.32 Å². The normalized spacial score (nSPS) is 12.3. The zero-order chi connectivity index (χ0) is 14.9. The van der Waals surface area contributed by atoms with Gasteiger partial charge in [-0.15, -0.1) is 0 Å². The highest BCUT2D eigenvalue weighted by Crippen LogP contribution is 2.22. The predicted octanol–water partition coefficient (Wildman–Crippen LogP) is 4.60. The van der Waals surface area contributed by atoms with Gasteiger partial charge in [0, 0.05) is 11.6 Å². The quantitative estimate of drug-likeness (QED) is 0.720. The number of hydrogen-bond donors (Lipinski definition) is 1. The molecule has 0 heterocycles. The van der Waals surface area contributed by atoms with Gasteiger partial charge in [0.2, 0.25) is 0 Å². The van der Waals surface area contributed by atoms with Crippen molar-refractivity contribution in [3.63, 3.8) is 0 Å². The molecule has 0 aromatic heterocycles. The highest BCUT2D eigenvalue weighted by Gasteiger charge is 2.12. The summed E-state index contributed by atoms with van der Waals surface area (Å²) in [4.78, 5) is 0. The maximum absolute atomic E-state index is 6.09. The maximum Gasteiger partial charge on any atom is 0.0954 e. The summed E-state index contributed by atoms with van der Waals surface area (Å²) >= 11 is 6.09. The monoisotopic (exact) mass is 303 g/mol. The van der Waals surface area contributed by atoms with Gasteiger partial charge >= 0.3 is 0 Å². The lowest BCUT2D eigenvalue weighted by atomic mass is 10.1. The minimum Gasteiger partial charge on any atom is -0.368 e. The molecule has 1 atom stereocenters. The molecule has 0 bridgehead atoms. The van der Waals surface area contributed by atoms with E-state index in [4.69, 9.17) is 16.3 Å². The third-order valence-electron chi connectivity index (χ3n) is 3.27. The van der Waals surface area contributed by atoms with Crippen molar-refractivity contribution >= 4 is 11.6 Å². The van der Waals surface area contributed by atoms with E-state index in [-0.39, 0.29) is 6.10 Å². The summed E-state index contributed by atoms with van der Waals surface area (Å²) in [6, 6.07) is 18.1. The molecular formula is C18H22ClNO. The Labute approximate surface area is 132 Å². The third kappa shape index (κ3) is 5.50. The van der Waals surface area contributed by atoms with Gasteiger partial charge in [-0.05, 0) is 36.2 Å². The lowest BCUT2D eigenvalue weighted by Gasteiger charge is -2.19. The van der Waals surface area contributed by atoms with E-state index in [0.29, 0.717) is 6.61 Å². The Morgan fingerprint density at radius 1 is 1.10 bits per heavy atom. The molecule has 1 unspecified atom stereocenters. The van der Waals surface area contributed by atoms with E-state index in [1.807, 2.05) is 36.4 Å². The number of ether oxygens (including phenoxy) is 1. The van der Waals surface area contributed by atoms with Crippen LogP contribution in [-0.2, 0) is 11.3 Å². The second kappa shape index (κ2) is 8.83. The van der Waals surface area contributed by atoms with Crippen LogP contribution >= 0.6 is 11.6 Å². The Hall–Kier alpha value is -1.35. The Kier molecular flexibility index (Phi) is 6.74. The fourth-order valence-corrected chi connectivity index (χ4v) is 2.36. The number of hydrogen-bond acceptors (Lipinski definition) is 2. The standard InChI is InChI=1S/C18H22ClNO/c1-2-11-20-13-18(16-9-6-10-17(19)12-16)21-14-15-7-4-3-5-8-15/h3-10,12,18,20H,2,11,13-14H2,1H3. The molecular weight excluding hydrogens is 282 g/mol. The van der Waals surface area contributed by atoms with Gasteiger partial charge in [0.15, 0.2) is 0 Å². The molecule has 0 saturated carbocycles. The summed E-state index contributed by atoms with van der Waals surface area (Å²) in [5.41, 5.74) is 2.29. The lowest BCUT2D eigenvalue weighted by Crippen LogP contribution is -2.24. The molecule has 2 aromatic rings. The number of rotatable bonds is 8. The highest BCUT2D eigenvalue weighted by molar-refractivity contribution is 6.30. The summed E-state index contributed by atoms with van der Waals surface area (Å²) in [6.07, 6.45) is 1.12. The van der Waals surface area contributed by atoms with Gasteiger partial charge in [0.25, 0.3) is 0 Å². The second-order valence-corrected chi connectivity index (χ2v) is 5.48. The minimum absolute atomic E-state index is 0.00968. The van der Waals surface area contributed by atoms with E-state index in [9.17, 15) is 0 Å². The fourth-order valence-electron chi connectivity index (χ4n) is 2.16. The van der Waals surface area contributed by atoms with Crippen molar-refractivity contribution in [1.82, 2.24) is 5.32 Å². The van der Waals surface area contributed by atoms with Crippen molar-refractivity contribution in [3.8, 4) is 0 Å². The molecule has 0 spiro atoms. The molecule has 112 valence electrons. The summed E-state index contributed by atoms with van der Waals surface area (Å²) < 4.78 is 6.09. The SMILES string of the molecule is CCCNCC(OCc1ccccc1)c1cccc(Cl)c1. The van der Waals surface area contributed by atoms with Crippen LogP contribution in [0.25, 0.3) is 0 Å². The molecule has 2 nitrogen and oxygen atoms in total. The van der Waals surface area contributed by atoms with Crippen LogP contribution in [-0.4, -0.2) is 13.1 Å². The summed E-state index contributed by atoms with van der Waals surface area (Å²) in [6.45, 7) is 4.55. The first kappa shape index (κ1) is 16.0. The van der Waals surface area contributed by atoms with Crippen molar-refractivity contribution in [2.45, 2.75) is 26.1 Å². The van der Waals surface area contributed by atoms with E-state index in [1.54, 1.807) is 0 Å². The van der Waals surface area contributed by atoms with Gasteiger partial charge in [0.1, 0.15) is 0 Å². The molecule has 0 radical (unpaired) electrons. The largest absolute Gasteiger partial charge is 0.368 e. The average Bonchev–Trinajstić information content (AvgIpc) is 2.52. The van der Waals surface area contributed by atoms with Crippen molar-refractivity contribution in [2.24, 2.45) is 0 Å². The van der Waals surface area contributed by atoms with Crippen LogP contribution in [0.1, 0.15) is 30.6 Å². The molecule has 0 amide bonds. The Bertz CT molecular complexity index is 530. The molecule has 0 aliphatic rings. The second-order valence-electron chi connectivity index (χ2n) is 5.04. The van der Waals surface area contributed by atoms with E-state index in [2.05, 4.69) is 30.4 Å². The van der Waals surface area contributed by atoms with Crippen molar-refractivity contribution in [3.05, 3.63) is 70.7 Å². The zero-order valence-corrected chi connectivity index (χ0v) is 13.1. The summed E-state index contributed by atoms with van der Waals surface area (Å²) in [7, 11) is 0. The number of nitrogens with one attached hydrogen (secondary N) is 1. The first-order valence-electron chi connectivity index (χ1n) is 7.41. The number of halogens is 1. The molecule has 21 heavy (non-hydrogen) atoms. The van der Waals surface area contributed by atoms with Crippen LogP contribution in [0, 0.1) is 0 Å². The van der Waals surface area contributed by atoms with Gasteiger partial charge in [-0.3, -0.25) is 0 Å².